The molecule has 1 heterocycles. The Balaban J connectivity index is 2.37. The van der Waals surface area contributed by atoms with E-state index in [1.165, 1.54) is 7.11 Å². The molecule has 0 saturated carbocycles. The van der Waals surface area contributed by atoms with Gasteiger partial charge in [-0.25, -0.2) is 0 Å². The minimum atomic E-state index is -0.338. The Kier molecular flexibility index (Phi) is 2.62. The number of amides is 2. The number of methoxy groups -OCH3 is 1. The van der Waals surface area contributed by atoms with E-state index in [4.69, 9.17) is 10.5 Å². The number of fused-ring (bicyclic) bond motifs is 1. The lowest BCUT2D eigenvalue weighted by atomic mass is 10.1. The third kappa shape index (κ3) is 1.45. The first-order valence-electron chi connectivity index (χ1n) is 4.90. The van der Waals surface area contributed by atoms with Crippen molar-refractivity contribution in [3.8, 4) is 0 Å². The van der Waals surface area contributed by atoms with Crippen LogP contribution >= 0.6 is 0 Å². The second kappa shape index (κ2) is 3.94. The minimum absolute atomic E-state index is 0.252. The summed E-state index contributed by atoms with van der Waals surface area (Å²) >= 11 is 0. The summed E-state index contributed by atoms with van der Waals surface area (Å²) in [6.07, 6.45) is 0. The van der Waals surface area contributed by atoms with Gasteiger partial charge in [0.15, 0.2) is 0 Å². The second-order valence-corrected chi connectivity index (χ2v) is 3.52. The van der Waals surface area contributed by atoms with Crippen LogP contribution in [0.3, 0.4) is 0 Å². The van der Waals surface area contributed by atoms with E-state index in [-0.39, 0.29) is 18.4 Å². The molecule has 5 heteroatoms. The van der Waals surface area contributed by atoms with E-state index in [9.17, 15) is 9.59 Å². The van der Waals surface area contributed by atoms with Crippen LogP contribution in [0.15, 0.2) is 18.2 Å². The topological polar surface area (TPSA) is 72.6 Å². The molecule has 2 amide bonds. The fraction of sp³-hybridized carbons (Fsp3) is 0.273. The van der Waals surface area contributed by atoms with Crippen molar-refractivity contribution in [2.24, 2.45) is 0 Å². The summed E-state index contributed by atoms with van der Waals surface area (Å²) in [4.78, 5) is 24.9. The maximum Gasteiger partial charge on any atom is 0.263 e. The summed E-state index contributed by atoms with van der Waals surface area (Å²) < 4.78 is 4.85. The first-order valence-corrected chi connectivity index (χ1v) is 4.90. The zero-order valence-corrected chi connectivity index (χ0v) is 8.90. The smallest absolute Gasteiger partial charge is 0.263 e. The van der Waals surface area contributed by atoms with Gasteiger partial charge in [-0.2, -0.15) is 0 Å². The number of nitrogens with zero attached hydrogens (tertiary/aromatic N) is 1. The number of hydrogen-bond acceptors (Lipinski definition) is 4. The highest BCUT2D eigenvalue weighted by molar-refractivity contribution is 6.23. The number of rotatable bonds is 3. The quantitative estimate of drug-likeness (QED) is 0.595. The number of imide groups is 1. The number of anilines is 1. The van der Waals surface area contributed by atoms with Crippen LogP contribution in [0.4, 0.5) is 5.69 Å². The first kappa shape index (κ1) is 10.6. The van der Waals surface area contributed by atoms with E-state index in [1.54, 1.807) is 18.2 Å². The third-order valence-corrected chi connectivity index (χ3v) is 2.55. The lowest BCUT2D eigenvalue weighted by Gasteiger charge is -2.12. The minimum Gasteiger partial charge on any atom is -0.398 e. The van der Waals surface area contributed by atoms with Gasteiger partial charge >= 0.3 is 0 Å². The predicted molar refractivity (Wildman–Crippen MR) is 58.1 cm³/mol. The highest BCUT2D eigenvalue weighted by Gasteiger charge is 2.36. The molecule has 0 spiro atoms. The number of hydrogen-bond donors (Lipinski definition) is 1. The Hall–Kier alpha value is -1.88. The van der Waals surface area contributed by atoms with E-state index in [0.29, 0.717) is 23.4 Å². The van der Waals surface area contributed by atoms with Gasteiger partial charge in [-0.05, 0) is 12.1 Å². The van der Waals surface area contributed by atoms with Crippen LogP contribution in [0, 0.1) is 0 Å². The molecule has 1 aliphatic heterocycles. The van der Waals surface area contributed by atoms with Gasteiger partial charge in [0, 0.05) is 12.8 Å². The van der Waals surface area contributed by atoms with E-state index in [2.05, 4.69) is 0 Å². The Morgan fingerprint density at radius 3 is 2.69 bits per heavy atom. The zero-order chi connectivity index (χ0) is 11.7. The molecule has 0 saturated heterocycles. The van der Waals surface area contributed by atoms with E-state index in [0.717, 1.165) is 4.90 Å². The van der Waals surface area contributed by atoms with Gasteiger partial charge in [0.25, 0.3) is 11.8 Å². The van der Waals surface area contributed by atoms with Crippen molar-refractivity contribution in [1.29, 1.82) is 0 Å². The molecule has 0 unspecified atom stereocenters. The summed E-state index contributed by atoms with van der Waals surface area (Å²) in [5.74, 6) is -0.639. The third-order valence-electron chi connectivity index (χ3n) is 2.55. The molecule has 0 fully saturated rings. The summed E-state index contributed by atoms with van der Waals surface area (Å²) in [6, 6.07) is 4.89. The molecule has 1 aliphatic rings. The maximum absolute atomic E-state index is 11.9. The van der Waals surface area contributed by atoms with Crippen molar-refractivity contribution in [1.82, 2.24) is 4.90 Å². The molecule has 0 aromatic heterocycles. The molecule has 0 atom stereocenters. The van der Waals surface area contributed by atoms with Crippen molar-refractivity contribution in [2.75, 3.05) is 26.0 Å². The molecule has 84 valence electrons. The highest BCUT2D eigenvalue weighted by Crippen LogP contribution is 2.27. The van der Waals surface area contributed by atoms with Gasteiger partial charge in [-0.1, -0.05) is 6.07 Å². The number of carbonyl (C=O) groups is 2. The van der Waals surface area contributed by atoms with Crippen LogP contribution in [0.25, 0.3) is 0 Å². The van der Waals surface area contributed by atoms with Crippen LogP contribution < -0.4 is 5.73 Å². The number of benzene rings is 1. The number of nitrogens with two attached hydrogens (primary N) is 1. The monoisotopic (exact) mass is 220 g/mol. The molecule has 2 N–H and O–H groups in total. The van der Waals surface area contributed by atoms with Gasteiger partial charge < -0.3 is 10.5 Å². The fourth-order valence-electron chi connectivity index (χ4n) is 1.75. The molecular formula is C11H12N2O3. The standard InChI is InChI=1S/C11H12N2O3/c1-16-6-5-13-10(14)7-3-2-4-8(12)9(7)11(13)15/h2-4H,5-6,12H2,1H3. The molecule has 0 radical (unpaired) electrons. The lowest BCUT2D eigenvalue weighted by molar-refractivity contribution is 0.0603. The molecule has 0 bridgehead atoms. The van der Waals surface area contributed by atoms with Gasteiger partial charge in [-0.3, -0.25) is 14.5 Å². The average molecular weight is 220 g/mol. The summed E-state index contributed by atoms with van der Waals surface area (Å²) in [5, 5.41) is 0. The van der Waals surface area contributed by atoms with Crippen molar-refractivity contribution >= 4 is 17.5 Å². The average Bonchev–Trinajstić information content (AvgIpc) is 2.51. The summed E-state index contributed by atoms with van der Waals surface area (Å²) in [6.45, 7) is 0.577. The van der Waals surface area contributed by atoms with Crippen LogP contribution in [0.1, 0.15) is 20.7 Å². The predicted octanol–water partition coefficient (Wildman–Crippen LogP) is 0.511. The van der Waals surface area contributed by atoms with E-state index in [1.807, 2.05) is 0 Å². The summed E-state index contributed by atoms with van der Waals surface area (Å²) in [7, 11) is 1.52. The van der Waals surface area contributed by atoms with Crippen molar-refractivity contribution in [3.05, 3.63) is 29.3 Å². The fourth-order valence-corrected chi connectivity index (χ4v) is 1.75. The Morgan fingerprint density at radius 2 is 2.06 bits per heavy atom. The largest absolute Gasteiger partial charge is 0.398 e. The van der Waals surface area contributed by atoms with E-state index >= 15 is 0 Å². The van der Waals surface area contributed by atoms with Crippen LogP contribution in [-0.2, 0) is 4.74 Å². The molecule has 1 aromatic rings. The van der Waals surface area contributed by atoms with Gasteiger partial charge in [0.2, 0.25) is 0 Å². The molecule has 1 aromatic carbocycles. The SMILES string of the molecule is COCCN1C(=O)c2cccc(N)c2C1=O. The van der Waals surface area contributed by atoms with Crippen LogP contribution in [0.5, 0.6) is 0 Å². The number of carbonyl (C=O) groups excluding carboxylic acids is 2. The molecule has 5 nitrogen and oxygen atoms in total. The molecular weight excluding hydrogens is 208 g/mol. The van der Waals surface area contributed by atoms with Crippen molar-refractivity contribution < 1.29 is 14.3 Å². The molecule has 16 heavy (non-hydrogen) atoms. The second-order valence-electron chi connectivity index (χ2n) is 3.52. The first-order chi connectivity index (χ1) is 7.66. The number of nitrogen functional groups attached to an aromatic ring is 1. The van der Waals surface area contributed by atoms with Crippen LogP contribution in [0.2, 0.25) is 0 Å². The van der Waals surface area contributed by atoms with Crippen LogP contribution in [-0.4, -0.2) is 37.0 Å². The van der Waals surface area contributed by atoms with Gasteiger partial charge in [0.1, 0.15) is 0 Å². The number of ether oxygens (including phenoxy) is 1. The van der Waals surface area contributed by atoms with Crippen molar-refractivity contribution in [2.45, 2.75) is 0 Å². The Labute approximate surface area is 92.8 Å². The maximum atomic E-state index is 11.9. The van der Waals surface area contributed by atoms with E-state index < -0.39 is 0 Å². The summed E-state index contributed by atoms with van der Waals surface area (Å²) in [5.41, 5.74) is 6.71. The Bertz CT molecular complexity index is 457. The van der Waals surface area contributed by atoms with Gasteiger partial charge in [0.05, 0.1) is 24.3 Å². The van der Waals surface area contributed by atoms with Crippen molar-refractivity contribution in [3.63, 3.8) is 0 Å². The lowest BCUT2D eigenvalue weighted by Crippen LogP contribution is -2.32. The highest BCUT2D eigenvalue weighted by atomic mass is 16.5. The molecule has 0 aliphatic carbocycles. The normalized spacial score (nSPS) is 14.4. The zero-order valence-electron chi connectivity index (χ0n) is 8.90. The molecule has 2 rings (SSSR count). The Morgan fingerprint density at radius 1 is 1.31 bits per heavy atom. The van der Waals surface area contributed by atoms with Gasteiger partial charge in [-0.15, -0.1) is 0 Å².